The van der Waals surface area contributed by atoms with Crippen molar-refractivity contribution in [3.63, 3.8) is 0 Å². The minimum absolute atomic E-state index is 0.00223. The number of rotatable bonds is 10. The van der Waals surface area contributed by atoms with Crippen LogP contribution in [0.15, 0.2) is 12.7 Å². The Morgan fingerprint density at radius 3 is 2.07 bits per heavy atom. The van der Waals surface area contributed by atoms with Crippen LogP contribution in [0.1, 0.15) is 57.8 Å². The molecule has 0 bridgehead atoms. The van der Waals surface area contributed by atoms with Gasteiger partial charge in [0.05, 0.1) is 6.07 Å². The van der Waals surface area contributed by atoms with E-state index in [1.807, 2.05) is 6.08 Å². The monoisotopic (exact) mass is 206 g/mol. The molecule has 1 radical (unpaired) electrons. The van der Waals surface area contributed by atoms with E-state index in [0.29, 0.717) is 0 Å². The molecule has 0 saturated heterocycles. The largest absolute Gasteiger partial charge is 0.198 e. The van der Waals surface area contributed by atoms with Gasteiger partial charge in [0.1, 0.15) is 0 Å². The molecule has 0 amide bonds. The van der Waals surface area contributed by atoms with E-state index in [9.17, 15) is 0 Å². The van der Waals surface area contributed by atoms with E-state index in [2.05, 4.69) is 19.6 Å². The highest BCUT2D eigenvalue weighted by Gasteiger charge is 1.98. The van der Waals surface area contributed by atoms with Gasteiger partial charge in [-0.2, -0.15) is 5.26 Å². The zero-order chi connectivity index (χ0) is 11.4. The molecular weight excluding hydrogens is 182 g/mol. The number of hydrogen-bond acceptors (Lipinski definition) is 1. The number of nitrogens with zero attached hydrogens (tertiary/aromatic N) is 1. The van der Waals surface area contributed by atoms with Crippen molar-refractivity contribution in [2.24, 2.45) is 5.92 Å². The molecule has 0 fully saturated rings. The molecule has 1 heteroatoms. The van der Waals surface area contributed by atoms with Gasteiger partial charge in [-0.25, -0.2) is 0 Å². The van der Waals surface area contributed by atoms with Gasteiger partial charge >= 0.3 is 0 Å². The average molecular weight is 206 g/mol. The maximum absolute atomic E-state index is 8.54. The van der Waals surface area contributed by atoms with E-state index >= 15 is 0 Å². The fourth-order valence-corrected chi connectivity index (χ4v) is 1.63. The van der Waals surface area contributed by atoms with Crippen LogP contribution in [0.5, 0.6) is 0 Å². The molecule has 0 saturated carbocycles. The van der Waals surface area contributed by atoms with E-state index < -0.39 is 0 Å². The Morgan fingerprint density at radius 1 is 1.00 bits per heavy atom. The predicted octanol–water partition coefficient (Wildman–Crippen LogP) is 4.66. The van der Waals surface area contributed by atoms with Crippen molar-refractivity contribution < 1.29 is 0 Å². The lowest BCUT2D eigenvalue weighted by Gasteiger charge is -2.02. The lowest BCUT2D eigenvalue weighted by Crippen LogP contribution is -1.90. The fourth-order valence-electron chi connectivity index (χ4n) is 1.63. The number of allylic oxidation sites excluding steroid dienone is 1. The molecule has 0 spiro atoms. The third-order valence-corrected chi connectivity index (χ3v) is 2.64. The summed E-state index contributed by atoms with van der Waals surface area (Å²) in [7, 11) is 0. The van der Waals surface area contributed by atoms with Crippen LogP contribution >= 0.6 is 0 Å². The molecule has 0 aromatic rings. The van der Waals surface area contributed by atoms with E-state index in [1.54, 1.807) is 0 Å². The first-order valence-corrected chi connectivity index (χ1v) is 6.15. The maximum atomic E-state index is 8.54. The van der Waals surface area contributed by atoms with Crippen molar-refractivity contribution in [1.82, 2.24) is 0 Å². The first-order valence-electron chi connectivity index (χ1n) is 6.15. The summed E-state index contributed by atoms with van der Waals surface area (Å²) in [6, 6.07) is 2.17. The van der Waals surface area contributed by atoms with Crippen molar-refractivity contribution in [2.75, 3.05) is 0 Å². The summed E-state index contributed by atoms with van der Waals surface area (Å²) in [5, 5.41) is 8.54. The molecule has 0 aromatic heterocycles. The Labute approximate surface area is 95.2 Å². The smallest absolute Gasteiger partial charge is 0.0655 e. The SMILES string of the molecule is [CH2]C(C#N)CCCCCCCCCC=C. The first-order chi connectivity index (χ1) is 7.31. The minimum atomic E-state index is -0.00223. The summed E-state index contributed by atoms with van der Waals surface area (Å²) in [5.41, 5.74) is 0. The summed E-state index contributed by atoms with van der Waals surface area (Å²) < 4.78 is 0. The Hall–Kier alpha value is -0.770. The topological polar surface area (TPSA) is 23.8 Å². The van der Waals surface area contributed by atoms with Gasteiger partial charge in [0.25, 0.3) is 0 Å². The van der Waals surface area contributed by atoms with Gasteiger partial charge < -0.3 is 0 Å². The van der Waals surface area contributed by atoms with E-state index in [4.69, 9.17) is 5.26 Å². The Morgan fingerprint density at radius 2 is 1.53 bits per heavy atom. The maximum Gasteiger partial charge on any atom is 0.0655 e. The molecule has 1 nitrogen and oxygen atoms in total. The molecule has 0 aliphatic heterocycles. The standard InChI is InChI=1S/C14H24N/c1-3-4-5-6-7-8-9-10-11-12-14(2)13-15/h3,14H,1-2,4-12H2. The molecule has 0 heterocycles. The summed E-state index contributed by atoms with van der Waals surface area (Å²) in [6.07, 6.45) is 13.2. The normalized spacial score (nSPS) is 12.0. The summed E-state index contributed by atoms with van der Waals surface area (Å²) in [5.74, 6) is -0.00223. The molecule has 1 unspecified atom stereocenters. The third kappa shape index (κ3) is 11.2. The van der Waals surface area contributed by atoms with Gasteiger partial charge in [0.2, 0.25) is 0 Å². The van der Waals surface area contributed by atoms with Crippen LogP contribution in [0, 0.1) is 24.2 Å². The molecule has 0 rings (SSSR count). The Kier molecular flexibility index (Phi) is 10.7. The molecule has 85 valence electrons. The molecule has 0 aromatic carbocycles. The predicted molar refractivity (Wildman–Crippen MR) is 66.2 cm³/mol. The lowest BCUT2D eigenvalue weighted by atomic mass is 10.0. The second-order valence-electron chi connectivity index (χ2n) is 4.17. The summed E-state index contributed by atoms with van der Waals surface area (Å²) >= 11 is 0. The van der Waals surface area contributed by atoms with Gasteiger partial charge in [-0.05, 0) is 26.2 Å². The van der Waals surface area contributed by atoms with Crippen molar-refractivity contribution in [1.29, 1.82) is 5.26 Å². The van der Waals surface area contributed by atoms with E-state index in [1.165, 1.54) is 38.5 Å². The van der Waals surface area contributed by atoms with E-state index in [0.717, 1.165) is 19.3 Å². The quantitative estimate of drug-likeness (QED) is 0.377. The zero-order valence-corrected chi connectivity index (χ0v) is 9.88. The van der Waals surface area contributed by atoms with Crippen LogP contribution in [0.25, 0.3) is 0 Å². The van der Waals surface area contributed by atoms with Crippen LogP contribution < -0.4 is 0 Å². The highest BCUT2D eigenvalue weighted by Crippen LogP contribution is 2.12. The third-order valence-electron chi connectivity index (χ3n) is 2.64. The van der Waals surface area contributed by atoms with Gasteiger partial charge in [-0.1, -0.05) is 44.6 Å². The van der Waals surface area contributed by atoms with Crippen LogP contribution in [-0.4, -0.2) is 0 Å². The van der Waals surface area contributed by atoms with Crippen molar-refractivity contribution in [2.45, 2.75) is 57.8 Å². The molecule has 1 atom stereocenters. The number of nitriles is 1. The van der Waals surface area contributed by atoms with Crippen molar-refractivity contribution in [3.05, 3.63) is 19.6 Å². The van der Waals surface area contributed by atoms with Crippen LogP contribution in [0.3, 0.4) is 0 Å². The molecule has 0 aliphatic rings. The highest BCUT2D eigenvalue weighted by atomic mass is 14.3. The van der Waals surface area contributed by atoms with Gasteiger partial charge in [0.15, 0.2) is 0 Å². The highest BCUT2D eigenvalue weighted by molar-refractivity contribution is 4.83. The second kappa shape index (κ2) is 11.3. The second-order valence-corrected chi connectivity index (χ2v) is 4.17. The van der Waals surface area contributed by atoms with Gasteiger partial charge in [-0.15, -0.1) is 6.58 Å². The summed E-state index contributed by atoms with van der Waals surface area (Å²) in [6.45, 7) is 7.46. The molecule has 15 heavy (non-hydrogen) atoms. The van der Waals surface area contributed by atoms with Crippen molar-refractivity contribution >= 4 is 0 Å². The van der Waals surface area contributed by atoms with Crippen molar-refractivity contribution in [3.8, 4) is 6.07 Å². The average Bonchev–Trinajstić information content (AvgIpc) is 2.26. The molecular formula is C14H24N. The lowest BCUT2D eigenvalue weighted by molar-refractivity contribution is 0.552. The fraction of sp³-hybridized carbons (Fsp3) is 0.714. The van der Waals surface area contributed by atoms with Gasteiger partial charge in [-0.3, -0.25) is 0 Å². The minimum Gasteiger partial charge on any atom is -0.198 e. The Bertz CT molecular complexity index is 178. The molecule has 0 aliphatic carbocycles. The Balaban J connectivity index is 2.99. The first kappa shape index (κ1) is 14.2. The van der Waals surface area contributed by atoms with E-state index in [-0.39, 0.29) is 5.92 Å². The van der Waals surface area contributed by atoms with Crippen LogP contribution in [-0.2, 0) is 0 Å². The van der Waals surface area contributed by atoms with Crippen LogP contribution in [0.2, 0.25) is 0 Å². The number of unbranched alkanes of at least 4 members (excludes halogenated alkanes) is 7. The van der Waals surface area contributed by atoms with Gasteiger partial charge in [0, 0.05) is 5.92 Å². The summed E-state index contributed by atoms with van der Waals surface area (Å²) in [4.78, 5) is 0. The van der Waals surface area contributed by atoms with Crippen LogP contribution in [0.4, 0.5) is 0 Å². The zero-order valence-electron chi connectivity index (χ0n) is 9.88. The number of hydrogen-bond donors (Lipinski definition) is 0. The molecule has 0 N–H and O–H groups in total.